The molecule has 138 valence electrons. The number of aliphatic imine (C=N–C) groups is 1. The van der Waals surface area contributed by atoms with Crippen molar-refractivity contribution in [1.29, 1.82) is 0 Å². The van der Waals surface area contributed by atoms with Crippen LogP contribution < -0.4 is 10.1 Å². The average Bonchev–Trinajstić information content (AvgIpc) is 2.97. The summed E-state index contributed by atoms with van der Waals surface area (Å²) >= 11 is 3.12. The van der Waals surface area contributed by atoms with Crippen LogP contribution in [0.15, 0.2) is 46.3 Å². The largest absolute Gasteiger partial charge is 0.504 e. The number of aromatic hydroxyl groups is 1. The zero-order valence-electron chi connectivity index (χ0n) is 13.9. The van der Waals surface area contributed by atoms with Crippen LogP contribution in [0, 0.1) is 3.57 Å². The maximum Gasteiger partial charge on any atom is 0.335 e. The second-order valence-electron chi connectivity index (χ2n) is 5.39. The predicted molar refractivity (Wildman–Crippen MR) is 112 cm³/mol. The van der Waals surface area contributed by atoms with Gasteiger partial charge < -0.3 is 20.3 Å². The van der Waals surface area contributed by atoms with Gasteiger partial charge in [0.05, 0.1) is 26.8 Å². The highest BCUT2D eigenvalue weighted by atomic mass is 127. The number of halogens is 1. The van der Waals surface area contributed by atoms with Crippen LogP contribution in [0.5, 0.6) is 11.5 Å². The number of carbonyl (C=O) groups excluding carboxylic acids is 1. The van der Waals surface area contributed by atoms with Gasteiger partial charge in [-0.15, -0.1) is 0 Å². The molecule has 0 saturated carbocycles. The second kappa shape index (κ2) is 8.01. The van der Waals surface area contributed by atoms with Crippen LogP contribution in [0.1, 0.15) is 15.9 Å². The molecule has 2 aromatic rings. The summed E-state index contributed by atoms with van der Waals surface area (Å²) in [6, 6.07) is 9.50. The molecule has 3 N–H and O–H groups in total. The minimum atomic E-state index is -1.04. The first-order valence-corrected chi connectivity index (χ1v) is 9.46. The van der Waals surface area contributed by atoms with Crippen LogP contribution in [-0.4, -0.2) is 34.4 Å². The van der Waals surface area contributed by atoms with Crippen LogP contribution in [0.4, 0.5) is 5.69 Å². The number of nitrogens with one attached hydrogen (secondary N) is 1. The molecule has 1 saturated heterocycles. The Labute approximate surface area is 172 Å². The molecule has 0 aromatic heterocycles. The van der Waals surface area contributed by atoms with Crippen molar-refractivity contribution in [1.82, 2.24) is 5.32 Å². The number of hydrogen-bond donors (Lipinski definition) is 3. The molecule has 0 unspecified atom stereocenters. The number of aromatic carboxylic acids is 1. The summed E-state index contributed by atoms with van der Waals surface area (Å²) in [5.74, 6) is -0.993. The zero-order chi connectivity index (χ0) is 19.6. The highest BCUT2D eigenvalue weighted by molar-refractivity contribution is 14.1. The van der Waals surface area contributed by atoms with Crippen molar-refractivity contribution in [3.63, 3.8) is 0 Å². The van der Waals surface area contributed by atoms with Gasteiger partial charge in [0.25, 0.3) is 5.91 Å². The number of nitrogens with zero attached hydrogens (tertiary/aromatic N) is 1. The first-order chi connectivity index (χ1) is 12.9. The average molecular weight is 496 g/mol. The van der Waals surface area contributed by atoms with Gasteiger partial charge in [-0.05, 0) is 76.3 Å². The molecule has 1 heterocycles. The van der Waals surface area contributed by atoms with E-state index in [0.717, 1.165) is 11.8 Å². The Balaban J connectivity index is 1.87. The van der Waals surface area contributed by atoms with Gasteiger partial charge >= 0.3 is 5.97 Å². The molecule has 2 aromatic carbocycles. The monoisotopic (exact) mass is 496 g/mol. The van der Waals surface area contributed by atoms with E-state index < -0.39 is 5.97 Å². The molecule has 0 radical (unpaired) electrons. The summed E-state index contributed by atoms with van der Waals surface area (Å²) < 4.78 is 5.72. The van der Waals surface area contributed by atoms with Crippen LogP contribution in [-0.2, 0) is 4.79 Å². The minimum Gasteiger partial charge on any atom is -0.504 e. The standard InChI is InChI=1S/C18H13IN2O5S/c1-26-13-6-9(5-12(19)15(13)22)7-14-16(23)21-18(27-14)20-11-4-2-3-10(8-11)17(24)25/h2-8,22H,1H3,(H,24,25)(H,20,21,23)/b14-7+. The first kappa shape index (κ1) is 19.2. The molecular formula is C18H13IN2O5S. The predicted octanol–water partition coefficient (Wildman–Crippen LogP) is 3.60. The Kier molecular flexibility index (Phi) is 5.71. The number of ether oxygens (including phenoxy) is 1. The number of benzene rings is 2. The molecule has 1 amide bonds. The normalized spacial score (nSPS) is 16.6. The summed E-state index contributed by atoms with van der Waals surface area (Å²) in [4.78, 5) is 28.0. The van der Waals surface area contributed by atoms with Gasteiger partial charge in [0.1, 0.15) is 0 Å². The smallest absolute Gasteiger partial charge is 0.335 e. The topological polar surface area (TPSA) is 108 Å². The Morgan fingerprint density at radius 3 is 2.81 bits per heavy atom. The summed E-state index contributed by atoms with van der Waals surface area (Å²) in [6.07, 6.45) is 1.67. The van der Waals surface area contributed by atoms with Gasteiger partial charge in [-0.2, -0.15) is 0 Å². The van der Waals surface area contributed by atoms with Crippen LogP contribution >= 0.6 is 34.4 Å². The van der Waals surface area contributed by atoms with E-state index in [-0.39, 0.29) is 17.2 Å². The molecule has 1 aliphatic rings. The SMILES string of the molecule is COc1cc(/C=C2/SC(=Nc3cccc(C(=O)O)c3)NC2=O)cc(I)c1O. The van der Waals surface area contributed by atoms with Gasteiger partial charge in [-0.25, -0.2) is 9.79 Å². The number of carbonyl (C=O) groups is 2. The van der Waals surface area contributed by atoms with E-state index >= 15 is 0 Å². The zero-order valence-corrected chi connectivity index (χ0v) is 16.9. The fourth-order valence-corrected chi connectivity index (χ4v) is 3.76. The van der Waals surface area contributed by atoms with Gasteiger partial charge in [-0.1, -0.05) is 6.07 Å². The van der Waals surface area contributed by atoms with Crippen molar-refractivity contribution >= 4 is 63.2 Å². The third-order valence-electron chi connectivity index (χ3n) is 3.54. The Morgan fingerprint density at radius 1 is 1.33 bits per heavy atom. The number of carboxylic acids is 1. The van der Waals surface area contributed by atoms with Crippen molar-refractivity contribution in [3.05, 3.63) is 56.0 Å². The van der Waals surface area contributed by atoms with E-state index in [1.807, 2.05) is 22.6 Å². The minimum absolute atomic E-state index is 0.0457. The summed E-state index contributed by atoms with van der Waals surface area (Å²) in [6.45, 7) is 0. The number of methoxy groups -OCH3 is 1. The highest BCUT2D eigenvalue weighted by Crippen LogP contribution is 2.35. The van der Waals surface area contributed by atoms with Gasteiger partial charge in [0.2, 0.25) is 0 Å². The molecule has 27 heavy (non-hydrogen) atoms. The molecule has 0 spiro atoms. The van der Waals surface area contributed by atoms with E-state index in [0.29, 0.717) is 30.6 Å². The van der Waals surface area contributed by atoms with E-state index in [9.17, 15) is 14.7 Å². The maximum atomic E-state index is 12.2. The van der Waals surface area contributed by atoms with Gasteiger partial charge in [0, 0.05) is 0 Å². The Morgan fingerprint density at radius 2 is 2.11 bits per heavy atom. The van der Waals surface area contributed by atoms with E-state index in [2.05, 4.69) is 10.3 Å². The number of phenols is 1. The lowest BCUT2D eigenvalue weighted by Crippen LogP contribution is -2.19. The van der Waals surface area contributed by atoms with Crippen molar-refractivity contribution in [2.75, 3.05) is 7.11 Å². The lowest BCUT2D eigenvalue weighted by molar-refractivity contribution is -0.115. The number of rotatable bonds is 4. The third-order valence-corrected chi connectivity index (χ3v) is 5.28. The van der Waals surface area contributed by atoms with Gasteiger partial charge in [-0.3, -0.25) is 4.79 Å². The van der Waals surface area contributed by atoms with Gasteiger partial charge in [0.15, 0.2) is 16.7 Å². The molecule has 1 aliphatic heterocycles. The number of hydrogen-bond acceptors (Lipinski definition) is 6. The third kappa shape index (κ3) is 4.42. The highest BCUT2D eigenvalue weighted by Gasteiger charge is 2.24. The Bertz CT molecular complexity index is 1000. The van der Waals surface area contributed by atoms with Crippen LogP contribution in [0.3, 0.4) is 0 Å². The quantitative estimate of drug-likeness (QED) is 0.441. The number of amides is 1. The molecule has 0 aliphatic carbocycles. The van der Waals surface area contributed by atoms with E-state index in [1.165, 1.54) is 19.2 Å². The Hall–Kier alpha value is -2.53. The lowest BCUT2D eigenvalue weighted by Gasteiger charge is -2.06. The summed E-state index contributed by atoms with van der Waals surface area (Å²) in [5.41, 5.74) is 1.24. The van der Waals surface area contributed by atoms with Crippen molar-refractivity contribution in [3.8, 4) is 11.5 Å². The fourth-order valence-electron chi connectivity index (χ4n) is 2.29. The molecule has 7 nitrogen and oxygen atoms in total. The second-order valence-corrected chi connectivity index (χ2v) is 7.58. The molecular weight excluding hydrogens is 483 g/mol. The molecule has 1 fully saturated rings. The molecule has 0 bridgehead atoms. The summed E-state index contributed by atoms with van der Waals surface area (Å²) in [7, 11) is 1.45. The number of amidine groups is 1. The maximum absolute atomic E-state index is 12.2. The van der Waals surface area contributed by atoms with Crippen LogP contribution in [0.2, 0.25) is 0 Å². The van der Waals surface area contributed by atoms with E-state index in [1.54, 1.807) is 30.3 Å². The number of carboxylic acid groups (broad SMARTS) is 1. The summed E-state index contributed by atoms with van der Waals surface area (Å²) in [5, 5.41) is 22.0. The number of phenolic OH excluding ortho intramolecular Hbond substituents is 1. The molecule has 9 heteroatoms. The molecule has 0 atom stereocenters. The van der Waals surface area contributed by atoms with Crippen molar-refractivity contribution in [2.24, 2.45) is 4.99 Å². The van der Waals surface area contributed by atoms with Crippen molar-refractivity contribution in [2.45, 2.75) is 0 Å². The fraction of sp³-hybridized carbons (Fsp3) is 0.0556. The van der Waals surface area contributed by atoms with Crippen LogP contribution in [0.25, 0.3) is 6.08 Å². The van der Waals surface area contributed by atoms with E-state index in [4.69, 9.17) is 9.84 Å². The van der Waals surface area contributed by atoms with Crippen molar-refractivity contribution < 1.29 is 24.5 Å². The molecule has 3 rings (SSSR count). The lowest BCUT2D eigenvalue weighted by atomic mass is 10.2. The first-order valence-electron chi connectivity index (χ1n) is 7.57. The number of thioether (sulfide) groups is 1.